The zero-order valence-corrected chi connectivity index (χ0v) is 10.1. The molecule has 1 heterocycles. The minimum Gasteiger partial charge on any atom is -0.360 e. The maximum atomic E-state index is 12.8. The third-order valence-electron chi connectivity index (χ3n) is 2.88. The molecule has 2 nitrogen and oxygen atoms in total. The summed E-state index contributed by atoms with van der Waals surface area (Å²) in [4.78, 5) is 5.29. The van der Waals surface area contributed by atoms with Crippen molar-refractivity contribution < 1.29 is 4.39 Å². The average molecular weight is 238 g/mol. The van der Waals surface area contributed by atoms with E-state index < -0.39 is 0 Å². The lowest BCUT2D eigenvalue weighted by Gasteiger charge is -2.34. The van der Waals surface area contributed by atoms with Gasteiger partial charge in [-0.25, -0.2) is 4.39 Å². The summed E-state index contributed by atoms with van der Waals surface area (Å²) >= 11 is 5.41. The van der Waals surface area contributed by atoms with Gasteiger partial charge < -0.3 is 9.80 Å². The first kappa shape index (κ1) is 11.5. The van der Waals surface area contributed by atoms with Crippen molar-refractivity contribution in [2.75, 3.05) is 33.2 Å². The Labute approximate surface area is 101 Å². The molecule has 0 unspecified atom stereocenters. The highest BCUT2D eigenvalue weighted by atomic mass is 32.1. The monoisotopic (exact) mass is 238 g/mol. The summed E-state index contributed by atoms with van der Waals surface area (Å²) in [5.41, 5.74) is 0.931. The van der Waals surface area contributed by atoms with Crippen LogP contribution in [0.15, 0.2) is 24.3 Å². The molecule has 1 fully saturated rings. The number of thiocarbonyl (C=S) groups is 1. The van der Waals surface area contributed by atoms with Gasteiger partial charge >= 0.3 is 0 Å². The molecule has 0 atom stereocenters. The second-order valence-corrected chi connectivity index (χ2v) is 4.49. The van der Waals surface area contributed by atoms with Gasteiger partial charge in [-0.05, 0) is 31.3 Å². The van der Waals surface area contributed by atoms with Crippen LogP contribution in [0.25, 0.3) is 0 Å². The first-order valence-corrected chi connectivity index (χ1v) is 5.81. The molecule has 16 heavy (non-hydrogen) atoms. The molecule has 1 saturated heterocycles. The van der Waals surface area contributed by atoms with Gasteiger partial charge in [0.25, 0.3) is 0 Å². The molecule has 1 aromatic rings. The molecule has 86 valence electrons. The summed E-state index contributed by atoms with van der Waals surface area (Å²) < 4.78 is 12.8. The topological polar surface area (TPSA) is 6.48 Å². The molecule has 0 saturated carbocycles. The van der Waals surface area contributed by atoms with Crippen molar-refractivity contribution in [2.24, 2.45) is 0 Å². The second-order valence-electron chi connectivity index (χ2n) is 4.10. The molecule has 0 bridgehead atoms. The Morgan fingerprint density at radius 2 is 1.69 bits per heavy atom. The van der Waals surface area contributed by atoms with Crippen LogP contribution in [0.1, 0.15) is 5.56 Å². The van der Waals surface area contributed by atoms with Crippen molar-refractivity contribution in [2.45, 2.75) is 0 Å². The molecular formula is C12H15FN2S. The molecule has 0 radical (unpaired) electrons. The van der Waals surface area contributed by atoms with Gasteiger partial charge in [-0.1, -0.05) is 12.2 Å². The number of hydrogen-bond acceptors (Lipinski definition) is 2. The minimum absolute atomic E-state index is 0.218. The number of piperazine rings is 1. The normalized spacial score (nSPS) is 17.5. The molecule has 0 aromatic heterocycles. The summed E-state index contributed by atoms with van der Waals surface area (Å²) in [7, 11) is 2.11. The van der Waals surface area contributed by atoms with Gasteiger partial charge in [0.15, 0.2) is 0 Å². The molecule has 2 rings (SSSR count). The third kappa shape index (κ3) is 2.57. The number of rotatable bonds is 1. The van der Waals surface area contributed by atoms with E-state index in [-0.39, 0.29) is 5.82 Å². The summed E-state index contributed by atoms with van der Waals surface area (Å²) in [6, 6.07) is 6.40. The van der Waals surface area contributed by atoms with Gasteiger partial charge in [-0.2, -0.15) is 0 Å². The fraction of sp³-hybridized carbons (Fsp3) is 0.417. The highest BCUT2D eigenvalue weighted by Crippen LogP contribution is 2.10. The molecule has 0 N–H and O–H groups in total. The van der Waals surface area contributed by atoms with Crippen LogP contribution in [-0.2, 0) is 0 Å². The van der Waals surface area contributed by atoms with Gasteiger partial charge in [0.2, 0.25) is 0 Å². The van der Waals surface area contributed by atoms with Crippen molar-refractivity contribution in [3.8, 4) is 0 Å². The van der Waals surface area contributed by atoms with E-state index in [0.717, 1.165) is 36.7 Å². The van der Waals surface area contributed by atoms with Gasteiger partial charge in [0, 0.05) is 31.7 Å². The Kier molecular flexibility index (Phi) is 3.51. The standard InChI is InChI=1S/C12H15FN2S/c1-14-6-8-15(9-7-14)12(16)10-2-4-11(13)5-3-10/h2-5H,6-9H2,1H3. The fourth-order valence-corrected chi connectivity index (χ4v) is 2.10. The molecular weight excluding hydrogens is 223 g/mol. The molecule has 4 heteroatoms. The predicted molar refractivity (Wildman–Crippen MR) is 67.2 cm³/mol. The minimum atomic E-state index is -0.218. The molecule has 1 aliphatic rings. The summed E-state index contributed by atoms with van der Waals surface area (Å²) in [6.07, 6.45) is 0. The average Bonchev–Trinajstić information content (AvgIpc) is 2.30. The molecule has 1 aromatic carbocycles. The second kappa shape index (κ2) is 4.89. The van der Waals surface area contributed by atoms with Crippen LogP contribution in [0.3, 0.4) is 0 Å². The summed E-state index contributed by atoms with van der Waals surface area (Å²) in [6.45, 7) is 3.96. The first-order valence-electron chi connectivity index (χ1n) is 5.40. The number of likely N-dealkylation sites (N-methyl/N-ethyl adjacent to an activating group) is 1. The van der Waals surface area contributed by atoms with Crippen molar-refractivity contribution in [1.82, 2.24) is 9.80 Å². The maximum absolute atomic E-state index is 12.8. The number of nitrogens with zero attached hydrogens (tertiary/aromatic N) is 2. The number of halogens is 1. The van der Waals surface area contributed by atoms with E-state index in [4.69, 9.17) is 12.2 Å². The van der Waals surface area contributed by atoms with Crippen molar-refractivity contribution >= 4 is 17.2 Å². The predicted octanol–water partition coefficient (Wildman–Crippen LogP) is 1.75. The highest BCUT2D eigenvalue weighted by Gasteiger charge is 2.17. The number of benzene rings is 1. The molecule has 0 spiro atoms. The molecule has 1 aliphatic heterocycles. The van der Waals surface area contributed by atoms with Crippen LogP contribution >= 0.6 is 12.2 Å². The molecule has 0 aliphatic carbocycles. The van der Waals surface area contributed by atoms with E-state index in [0.29, 0.717) is 0 Å². The van der Waals surface area contributed by atoms with Crippen molar-refractivity contribution in [3.63, 3.8) is 0 Å². The lowest BCUT2D eigenvalue weighted by atomic mass is 10.2. The Morgan fingerprint density at radius 1 is 1.12 bits per heavy atom. The van der Waals surface area contributed by atoms with Crippen LogP contribution < -0.4 is 0 Å². The van der Waals surface area contributed by atoms with E-state index in [9.17, 15) is 4.39 Å². The Balaban J connectivity index is 2.05. The SMILES string of the molecule is CN1CCN(C(=S)c2ccc(F)cc2)CC1. The number of hydrogen-bond donors (Lipinski definition) is 0. The third-order valence-corrected chi connectivity index (χ3v) is 3.38. The van der Waals surface area contributed by atoms with E-state index in [1.807, 2.05) is 0 Å². The Bertz CT molecular complexity index is 369. The highest BCUT2D eigenvalue weighted by molar-refractivity contribution is 7.80. The van der Waals surface area contributed by atoms with E-state index in [2.05, 4.69) is 16.8 Å². The van der Waals surface area contributed by atoms with Gasteiger partial charge in [0.05, 0.1) is 0 Å². The quantitative estimate of drug-likeness (QED) is 0.688. The van der Waals surface area contributed by atoms with E-state index >= 15 is 0 Å². The lowest BCUT2D eigenvalue weighted by molar-refractivity contribution is 0.218. The van der Waals surface area contributed by atoms with Crippen LogP contribution in [0, 0.1) is 5.82 Å². The van der Waals surface area contributed by atoms with Crippen LogP contribution in [0.4, 0.5) is 4.39 Å². The van der Waals surface area contributed by atoms with Gasteiger partial charge in [-0.3, -0.25) is 0 Å². The van der Waals surface area contributed by atoms with E-state index in [1.54, 1.807) is 12.1 Å². The lowest BCUT2D eigenvalue weighted by Crippen LogP contribution is -2.46. The van der Waals surface area contributed by atoms with Crippen LogP contribution in [0.5, 0.6) is 0 Å². The van der Waals surface area contributed by atoms with Gasteiger partial charge in [-0.15, -0.1) is 0 Å². The first-order chi connectivity index (χ1) is 7.66. The molecule has 0 amide bonds. The Hall–Kier alpha value is -1.00. The van der Waals surface area contributed by atoms with Crippen LogP contribution in [0.2, 0.25) is 0 Å². The smallest absolute Gasteiger partial charge is 0.123 e. The van der Waals surface area contributed by atoms with Gasteiger partial charge in [0.1, 0.15) is 10.8 Å². The zero-order valence-electron chi connectivity index (χ0n) is 9.32. The Morgan fingerprint density at radius 3 is 2.25 bits per heavy atom. The fourth-order valence-electron chi connectivity index (χ4n) is 1.78. The largest absolute Gasteiger partial charge is 0.360 e. The summed E-state index contributed by atoms with van der Waals surface area (Å²) in [5.74, 6) is -0.218. The zero-order chi connectivity index (χ0) is 11.5. The van der Waals surface area contributed by atoms with E-state index in [1.165, 1.54) is 12.1 Å². The van der Waals surface area contributed by atoms with Crippen molar-refractivity contribution in [1.29, 1.82) is 0 Å². The summed E-state index contributed by atoms with van der Waals surface area (Å²) in [5, 5.41) is 0. The van der Waals surface area contributed by atoms with Crippen LogP contribution in [-0.4, -0.2) is 48.0 Å². The maximum Gasteiger partial charge on any atom is 0.123 e. The van der Waals surface area contributed by atoms with Crippen molar-refractivity contribution in [3.05, 3.63) is 35.6 Å².